The van der Waals surface area contributed by atoms with E-state index < -0.39 is 0 Å². The fraction of sp³-hybridized carbons (Fsp3) is 0.625. The molecule has 0 aromatic heterocycles. The molecule has 0 aliphatic carbocycles. The molecule has 2 aliphatic rings. The molecule has 2 aliphatic heterocycles. The molecule has 103 valence electrons. The Morgan fingerprint density at radius 2 is 1.63 bits per heavy atom. The highest BCUT2D eigenvalue weighted by Gasteiger charge is 2.17. The van der Waals surface area contributed by atoms with Gasteiger partial charge in [0.15, 0.2) is 0 Å². The third kappa shape index (κ3) is 3.28. The summed E-state index contributed by atoms with van der Waals surface area (Å²) in [6.07, 6.45) is 4.08. The smallest absolute Gasteiger partial charge is 0.0411 e. The Bertz CT molecular complexity index is 393. The van der Waals surface area contributed by atoms with Crippen LogP contribution in [-0.2, 0) is 6.54 Å². The van der Waals surface area contributed by atoms with E-state index >= 15 is 0 Å². The molecule has 1 aromatic carbocycles. The van der Waals surface area contributed by atoms with Crippen molar-refractivity contribution in [3.63, 3.8) is 0 Å². The Hall–Kier alpha value is -1.06. The van der Waals surface area contributed by atoms with Crippen LogP contribution in [0.2, 0.25) is 0 Å². The number of anilines is 1. The number of para-hydroxylation sites is 1. The predicted molar refractivity (Wildman–Crippen MR) is 79.7 cm³/mol. The molecule has 1 aromatic rings. The second-order valence-electron chi connectivity index (χ2n) is 5.62. The molecule has 0 atom stereocenters. The number of piperidine rings is 1. The summed E-state index contributed by atoms with van der Waals surface area (Å²) in [5.41, 5.74) is 2.95. The molecule has 3 rings (SSSR count). The van der Waals surface area contributed by atoms with Crippen LogP contribution in [0.15, 0.2) is 24.3 Å². The number of rotatable bonds is 3. The van der Waals surface area contributed by atoms with Crippen LogP contribution in [0.5, 0.6) is 0 Å². The summed E-state index contributed by atoms with van der Waals surface area (Å²) in [6, 6.07) is 8.96. The molecule has 0 spiro atoms. The lowest BCUT2D eigenvalue weighted by atomic mass is 10.1. The Morgan fingerprint density at radius 3 is 2.42 bits per heavy atom. The van der Waals surface area contributed by atoms with Crippen molar-refractivity contribution in [1.29, 1.82) is 0 Å². The summed E-state index contributed by atoms with van der Waals surface area (Å²) >= 11 is 0. The minimum Gasteiger partial charge on any atom is -0.371 e. The van der Waals surface area contributed by atoms with E-state index in [-0.39, 0.29) is 0 Å². The van der Waals surface area contributed by atoms with Crippen LogP contribution >= 0.6 is 0 Å². The molecule has 3 heteroatoms. The van der Waals surface area contributed by atoms with Gasteiger partial charge in [-0.1, -0.05) is 18.2 Å². The van der Waals surface area contributed by atoms with Gasteiger partial charge in [0, 0.05) is 51.5 Å². The molecule has 0 saturated carbocycles. The van der Waals surface area contributed by atoms with Crippen LogP contribution in [-0.4, -0.2) is 44.2 Å². The summed E-state index contributed by atoms with van der Waals surface area (Å²) in [6.45, 7) is 7.79. The first-order valence-corrected chi connectivity index (χ1v) is 7.62. The molecule has 0 N–H and O–H groups in total. The number of hydrogen-bond donors (Lipinski definition) is 0. The highest BCUT2D eigenvalue weighted by molar-refractivity contribution is 5.53. The van der Waals surface area contributed by atoms with Crippen LogP contribution < -0.4 is 10.2 Å². The average molecular weight is 258 g/mol. The fourth-order valence-electron chi connectivity index (χ4n) is 3.13. The van der Waals surface area contributed by atoms with Crippen molar-refractivity contribution in [2.24, 2.45) is 0 Å². The van der Waals surface area contributed by atoms with Crippen molar-refractivity contribution in [1.82, 2.24) is 10.2 Å². The van der Waals surface area contributed by atoms with Crippen molar-refractivity contribution >= 4 is 5.69 Å². The van der Waals surface area contributed by atoms with Gasteiger partial charge in [-0.05, 0) is 30.9 Å². The summed E-state index contributed by atoms with van der Waals surface area (Å²) in [4.78, 5) is 5.11. The lowest BCUT2D eigenvalue weighted by molar-refractivity contribution is 0.231. The lowest BCUT2D eigenvalue weighted by Crippen LogP contribution is -2.40. The maximum absolute atomic E-state index is 4.43. The monoisotopic (exact) mass is 258 g/mol. The van der Waals surface area contributed by atoms with Crippen LogP contribution in [0, 0.1) is 0 Å². The third-order valence-corrected chi connectivity index (χ3v) is 4.23. The summed E-state index contributed by atoms with van der Waals surface area (Å²) in [7, 11) is 0. The zero-order valence-corrected chi connectivity index (χ0v) is 11.7. The van der Waals surface area contributed by atoms with Gasteiger partial charge in [0.2, 0.25) is 0 Å². The molecular formula is C16H24N3. The summed E-state index contributed by atoms with van der Waals surface area (Å²) in [5, 5.41) is 4.43. The van der Waals surface area contributed by atoms with Gasteiger partial charge in [-0.3, -0.25) is 4.90 Å². The lowest BCUT2D eigenvalue weighted by Gasteiger charge is -2.33. The van der Waals surface area contributed by atoms with E-state index in [0.717, 1.165) is 32.7 Å². The van der Waals surface area contributed by atoms with Gasteiger partial charge in [-0.25, -0.2) is 5.32 Å². The fourth-order valence-corrected chi connectivity index (χ4v) is 3.13. The van der Waals surface area contributed by atoms with Crippen molar-refractivity contribution in [3.05, 3.63) is 29.8 Å². The van der Waals surface area contributed by atoms with Crippen molar-refractivity contribution in [2.75, 3.05) is 44.2 Å². The van der Waals surface area contributed by atoms with Gasteiger partial charge in [0.1, 0.15) is 0 Å². The van der Waals surface area contributed by atoms with E-state index in [9.17, 15) is 0 Å². The Kier molecular flexibility index (Phi) is 4.36. The SMILES string of the molecule is c1ccc(N2CCCCC2)c(CN2CC[N]CC2)c1. The van der Waals surface area contributed by atoms with Crippen molar-refractivity contribution in [2.45, 2.75) is 25.8 Å². The molecule has 2 saturated heterocycles. The van der Waals surface area contributed by atoms with Crippen molar-refractivity contribution in [3.8, 4) is 0 Å². The first-order chi connectivity index (χ1) is 9.43. The first-order valence-electron chi connectivity index (χ1n) is 7.62. The van der Waals surface area contributed by atoms with Gasteiger partial charge in [-0.15, -0.1) is 0 Å². The number of hydrogen-bond acceptors (Lipinski definition) is 2. The maximum atomic E-state index is 4.43. The van der Waals surface area contributed by atoms with E-state index in [0.29, 0.717) is 0 Å². The largest absolute Gasteiger partial charge is 0.371 e. The van der Waals surface area contributed by atoms with Gasteiger partial charge >= 0.3 is 0 Å². The second kappa shape index (κ2) is 6.40. The van der Waals surface area contributed by atoms with E-state index in [4.69, 9.17) is 0 Å². The quantitative estimate of drug-likeness (QED) is 0.827. The van der Waals surface area contributed by atoms with Gasteiger partial charge < -0.3 is 4.90 Å². The molecule has 3 nitrogen and oxygen atoms in total. The highest BCUT2D eigenvalue weighted by Crippen LogP contribution is 2.25. The van der Waals surface area contributed by atoms with Gasteiger partial charge in [0.25, 0.3) is 0 Å². The zero-order valence-electron chi connectivity index (χ0n) is 11.7. The Morgan fingerprint density at radius 1 is 0.895 bits per heavy atom. The van der Waals surface area contributed by atoms with Crippen molar-refractivity contribution < 1.29 is 0 Å². The molecular weight excluding hydrogens is 234 g/mol. The minimum absolute atomic E-state index is 1.01. The van der Waals surface area contributed by atoms with Gasteiger partial charge in [-0.2, -0.15) is 0 Å². The van der Waals surface area contributed by atoms with Crippen LogP contribution in [0.1, 0.15) is 24.8 Å². The number of benzene rings is 1. The maximum Gasteiger partial charge on any atom is 0.0411 e. The first kappa shape index (κ1) is 12.9. The molecule has 0 unspecified atom stereocenters. The molecule has 2 fully saturated rings. The van der Waals surface area contributed by atoms with E-state index in [2.05, 4.69) is 39.4 Å². The number of nitrogens with zero attached hydrogens (tertiary/aromatic N) is 3. The normalized spacial score (nSPS) is 21.6. The van der Waals surface area contributed by atoms with Crippen LogP contribution in [0.25, 0.3) is 0 Å². The average Bonchev–Trinajstić information content (AvgIpc) is 2.50. The molecule has 19 heavy (non-hydrogen) atoms. The van der Waals surface area contributed by atoms with Crippen LogP contribution in [0.4, 0.5) is 5.69 Å². The molecule has 0 amide bonds. The van der Waals surface area contributed by atoms with E-state index in [1.807, 2.05) is 0 Å². The van der Waals surface area contributed by atoms with Crippen LogP contribution in [0.3, 0.4) is 0 Å². The molecule has 1 radical (unpaired) electrons. The van der Waals surface area contributed by atoms with E-state index in [1.54, 1.807) is 0 Å². The highest BCUT2D eigenvalue weighted by atomic mass is 15.2. The Balaban J connectivity index is 1.72. The summed E-state index contributed by atoms with van der Waals surface area (Å²) in [5.74, 6) is 0. The second-order valence-corrected chi connectivity index (χ2v) is 5.62. The predicted octanol–water partition coefficient (Wildman–Crippen LogP) is 2.10. The Labute approximate surface area is 116 Å². The van der Waals surface area contributed by atoms with E-state index in [1.165, 1.54) is 43.6 Å². The third-order valence-electron chi connectivity index (χ3n) is 4.23. The minimum atomic E-state index is 1.01. The summed E-state index contributed by atoms with van der Waals surface area (Å²) < 4.78 is 0. The number of piperazine rings is 1. The molecule has 2 heterocycles. The standard InChI is InChI=1S/C16H24N3/c1-4-10-19(11-5-1)16-7-3-2-6-15(16)14-18-12-8-17-9-13-18/h2-3,6-7H,1,4-5,8-14H2. The topological polar surface area (TPSA) is 20.6 Å². The zero-order chi connectivity index (χ0) is 12.9. The van der Waals surface area contributed by atoms with Gasteiger partial charge in [0.05, 0.1) is 0 Å². The molecule has 0 bridgehead atoms.